The van der Waals surface area contributed by atoms with Crippen LogP contribution in [0.4, 0.5) is 5.95 Å². The van der Waals surface area contributed by atoms with Gasteiger partial charge >= 0.3 is 17.3 Å². The Morgan fingerprint density at radius 1 is 1.33 bits per heavy atom. The van der Waals surface area contributed by atoms with Gasteiger partial charge in [-0.15, -0.1) is 9.08 Å². The van der Waals surface area contributed by atoms with Crippen molar-refractivity contribution in [1.29, 1.82) is 0 Å². The molecule has 0 amide bonds. The van der Waals surface area contributed by atoms with Crippen molar-refractivity contribution in [1.82, 2.24) is 14.5 Å². The lowest BCUT2D eigenvalue weighted by atomic mass is 10.3. The van der Waals surface area contributed by atoms with Crippen molar-refractivity contribution < 1.29 is 4.68 Å². The summed E-state index contributed by atoms with van der Waals surface area (Å²) in [5, 5.41) is 3.01. The van der Waals surface area contributed by atoms with Crippen LogP contribution in [0.1, 0.15) is 5.69 Å². The molecule has 0 fully saturated rings. The summed E-state index contributed by atoms with van der Waals surface area (Å²) in [6.07, 6.45) is 0. The number of hydrogen-bond acceptors (Lipinski definition) is 3. The second-order valence-electron chi connectivity index (χ2n) is 4.04. The third-order valence-corrected chi connectivity index (χ3v) is 2.73. The molecule has 2 aromatic heterocycles. The van der Waals surface area contributed by atoms with Gasteiger partial charge in [-0.05, 0) is 19.1 Å². The van der Waals surface area contributed by atoms with Crippen molar-refractivity contribution in [2.45, 2.75) is 6.92 Å². The third-order valence-electron chi connectivity index (χ3n) is 2.73. The van der Waals surface area contributed by atoms with Crippen LogP contribution in [-0.4, -0.2) is 14.5 Å². The Labute approximate surface area is 102 Å². The van der Waals surface area contributed by atoms with Gasteiger partial charge in [0.25, 0.3) is 0 Å². The predicted molar refractivity (Wildman–Crippen MR) is 66.5 cm³/mol. The smallest absolute Gasteiger partial charge is 0.288 e. The van der Waals surface area contributed by atoms with Crippen molar-refractivity contribution in [3.63, 3.8) is 0 Å². The maximum Gasteiger partial charge on any atom is 0.388 e. The molecule has 18 heavy (non-hydrogen) atoms. The number of benzene rings is 1. The number of aromatic amines is 1. The first-order valence-electron chi connectivity index (χ1n) is 5.52. The number of rotatable bonds is 1. The molecule has 0 spiro atoms. The van der Waals surface area contributed by atoms with Crippen molar-refractivity contribution in [2.24, 2.45) is 0 Å². The van der Waals surface area contributed by atoms with E-state index in [9.17, 15) is 4.79 Å². The number of fused-ring (bicyclic) bond motifs is 1. The average molecular weight is 242 g/mol. The monoisotopic (exact) mass is 242 g/mol. The van der Waals surface area contributed by atoms with Gasteiger partial charge < -0.3 is 0 Å². The molecule has 0 bridgehead atoms. The van der Waals surface area contributed by atoms with Crippen LogP contribution in [0.5, 0.6) is 0 Å². The molecule has 2 heterocycles. The average Bonchev–Trinajstić information content (AvgIpc) is 2.67. The number of aromatic nitrogens is 4. The van der Waals surface area contributed by atoms with E-state index in [1.165, 1.54) is 10.5 Å². The fraction of sp³-hybridized carbons (Fsp3) is 0.0833. The van der Waals surface area contributed by atoms with E-state index >= 15 is 0 Å². The lowest BCUT2D eigenvalue weighted by Crippen LogP contribution is -2.36. The van der Waals surface area contributed by atoms with Crippen LogP contribution in [0, 0.1) is 6.92 Å². The zero-order chi connectivity index (χ0) is 12.7. The quantitative estimate of drug-likeness (QED) is 0.598. The number of nitrogen functional groups attached to an aromatic ring is 1. The summed E-state index contributed by atoms with van der Waals surface area (Å²) in [5.41, 5.74) is 7.28. The summed E-state index contributed by atoms with van der Waals surface area (Å²) in [5.74, 6) is 0.732. The molecule has 3 N–H and O–H groups in total. The minimum atomic E-state index is -0.194. The van der Waals surface area contributed by atoms with Crippen LogP contribution in [0.25, 0.3) is 11.5 Å². The maximum atomic E-state index is 11.9. The molecule has 3 rings (SSSR count). The highest BCUT2D eigenvalue weighted by Gasteiger charge is 2.18. The lowest BCUT2D eigenvalue weighted by molar-refractivity contribution is -0.640. The fourth-order valence-electron chi connectivity index (χ4n) is 1.92. The Morgan fingerprint density at radius 3 is 2.78 bits per heavy atom. The summed E-state index contributed by atoms with van der Waals surface area (Å²) < 4.78 is 2.98. The summed E-state index contributed by atoms with van der Waals surface area (Å²) in [6.45, 7) is 1.77. The largest absolute Gasteiger partial charge is 0.388 e. The third kappa shape index (κ3) is 1.46. The van der Waals surface area contributed by atoms with Gasteiger partial charge in [0.15, 0.2) is 0 Å². The molecule has 1 aromatic carbocycles. The SMILES string of the molecule is Cc1cc(=O)n2c(N)[n+](-c3ccccc3)[nH]c2n1. The Hall–Kier alpha value is -2.63. The molecule has 0 radical (unpaired) electrons. The Bertz CT molecular complexity index is 772. The normalized spacial score (nSPS) is 10.9. The van der Waals surface area contributed by atoms with Gasteiger partial charge in [-0.1, -0.05) is 18.2 Å². The molecule has 0 aliphatic carbocycles. The molecule has 0 saturated heterocycles. The van der Waals surface area contributed by atoms with E-state index in [1.54, 1.807) is 11.6 Å². The van der Waals surface area contributed by atoms with Gasteiger partial charge in [-0.3, -0.25) is 10.5 Å². The number of aryl methyl sites for hydroxylation is 1. The molecule has 0 saturated carbocycles. The summed E-state index contributed by atoms with van der Waals surface area (Å²) in [6, 6.07) is 10.9. The Balaban J connectivity index is 2.37. The number of nitrogens with zero attached hydrogens (tertiary/aromatic N) is 3. The van der Waals surface area contributed by atoms with Gasteiger partial charge in [0, 0.05) is 11.8 Å². The van der Waals surface area contributed by atoms with E-state index in [1.807, 2.05) is 30.3 Å². The Morgan fingerprint density at radius 2 is 2.06 bits per heavy atom. The standard InChI is InChI=1S/C12H11N5O/c1-8-7-10(18)16-11(13)17(15-12(16)14-8)9-5-3-2-4-6-9/h2-7,13H,1H3,(H,14,15,18)/p+1. The number of para-hydroxylation sites is 1. The van der Waals surface area contributed by atoms with Gasteiger partial charge in [0.2, 0.25) is 0 Å². The van der Waals surface area contributed by atoms with E-state index < -0.39 is 0 Å². The van der Waals surface area contributed by atoms with Crippen molar-refractivity contribution >= 4 is 11.7 Å². The highest BCUT2D eigenvalue weighted by Crippen LogP contribution is 2.03. The fourth-order valence-corrected chi connectivity index (χ4v) is 1.92. The highest BCUT2D eigenvalue weighted by molar-refractivity contribution is 5.35. The van der Waals surface area contributed by atoms with E-state index in [2.05, 4.69) is 10.1 Å². The molecule has 0 aliphatic heterocycles. The van der Waals surface area contributed by atoms with E-state index in [4.69, 9.17) is 5.73 Å². The van der Waals surface area contributed by atoms with Crippen LogP contribution in [0.2, 0.25) is 0 Å². The molecule has 0 aliphatic rings. The molecule has 6 nitrogen and oxygen atoms in total. The first-order chi connectivity index (χ1) is 8.66. The van der Waals surface area contributed by atoms with Crippen LogP contribution < -0.4 is 16.0 Å². The van der Waals surface area contributed by atoms with E-state index in [0.29, 0.717) is 17.4 Å². The maximum absolute atomic E-state index is 11.9. The van der Waals surface area contributed by atoms with Crippen molar-refractivity contribution in [2.75, 3.05) is 5.73 Å². The molecule has 3 aromatic rings. The molecule has 6 heteroatoms. The topological polar surface area (TPSA) is 80.1 Å². The van der Waals surface area contributed by atoms with Gasteiger partial charge in [0.05, 0.1) is 0 Å². The second-order valence-corrected chi connectivity index (χ2v) is 4.04. The first kappa shape index (κ1) is 10.5. The summed E-state index contributed by atoms with van der Waals surface area (Å²) in [7, 11) is 0. The number of nitrogens with one attached hydrogen (secondary N) is 1. The molecule has 0 unspecified atom stereocenters. The predicted octanol–water partition coefficient (Wildman–Crippen LogP) is 0.190. The number of H-pyrrole nitrogens is 1. The minimum Gasteiger partial charge on any atom is -0.288 e. The van der Waals surface area contributed by atoms with E-state index in [0.717, 1.165) is 5.69 Å². The molecule has 90 valence electrons. The minimum absolute atomic E-state index is 0.194. The Kier molecular flexibility index (Phi) is 2.16. The van der Waals surface area contributed by atoms with E-state index in [-0.39, 0.29) is 5.56 Å². The summed E-state index contributed by atoms with van der Waals surface area (Å²) >= 11 is 0. The molecular weight excluding hydrogens is 230 g/mol. The van der Waals surface area contributed by atoms with Crippen LogP contribution in [-0.2, 0) is 0 Å². The zero-order valence-electron chi connectivity index (χ0n) is 9.79. The number of hydrogen-bond donors (Lipinski definition) is 2. The van der Waals surface area contributed by atoms with Gasteiger partial charge in [0.1, 0.15) is 5.69 Å². The second kappa shape index (κ2) is 3.69. The zero-order valence-corrected chi connectivity index (χ0v) is 9.79. The van der Waals surface area contributed by atoms with Crippen LogP contribution in [0.15, 0.2) is 41.2 Å². The summed E-state index contributed by atoms with van der Waals surface area (Å²) in [4.78, 5) is 16.1. The van der Waals surface area contributed by atoms with Crippen LogP contribution >= 0.6 is 0 Å². The highest BCUT2D eigenvalue weighted by atomic mass is 16.1. The number of nitrogens with two attached hydrogens (primary N) is 1. The van der Waals surface area contributed by atoms with Gasteiger partial charge in [-0.2, -0.15) is 5.10 Å². The lowest BCUT2D eigenvalue weighted by Gasteiger charge is -1.95. The molecule has 0 atom stereocenters. The van der Waals surface area contributed by atoms with Crippen molar-refractivity contribution in [3.8, 4) is 5.69 Å². The number of anilines is 1. The van der Waals surface area contributed by atoms with Crippen molar-refractivity contribution in [3.05, 3.63) is 52.4 Å². The van der Waals surface area contributed by atoms with Crippen LogP contribution in [0.3, 0.4) is 0 Å². The van der Waals surface area contributed by atoms with Gasteiger partial charge in [-0.25, -0.2) is 4.98 Å². The molecular formula is C12H12N5O+. The first-order valence-corrected chi connectivity index (χ1v) is 5.52.